The van der Waals surface area contributed by atoms with Gasteiger partial charge in [-0.05, 0) is 44.4 Å². The number of nitrogens with one attached hydrogen (secondary N) is 1. The van der Waals surface area contributed by atoms with Crippen molar-refractivity contribution in [1.82, 2.24) is 25.1 Å². The van der Waals surface area contributed by atoms with E-state index in [0.717, 1.165) is 58.5 Å². The monoisotopic (exact) mass is 441 g/mol. The van der Waals surface area contributed by atoms with E-state index in [-0.39, 0.29) is 5.91 Å². The standard InChI is InChI=1S/C21H24BrN5O/c1-14-12-17(16-9-8-15(22)13-18(16)24-14)21(28)23-10-5-7-20-26-25-19-6-3-2-4-11-27(19)20/h8-9,12-13H,2-7,10-11H2,1H3,(H,23,28). The van der Waals surface area contributed by atoms with E-state index < -0.39 is 0 Å². The molecule has 0 fully saturated rings. The molecule has 2 aromatic heterocycles. The highest BCUT2D eigenvalue weighted by Gasteiger charge is 2.15. The zero-order valence-electron chi connectivity index (χ0n) is 16.0. The number of pyridine rings is 1. The Balaban J connectivity index is 1.39. The maximum absolute atomic E-state index is 12.8. The average molecular weight is 442 g/mol. The molecule has 6 nitrogen and oxygen atoms in total. The predicted octanol–water partition coefficient (Wildman–Crippen LogP) is 3.99. The number of aromatic nitrogens is 4. The Morgan fingerprint density at radius 2 is 2.11 bits per heavy atom. The molecular formula is C21H24BrN5O. The zero-order valence-corrected chi connectivity index (χ0v) is 17.6. The van der Waals surface area contributed by atoms with Gasteiger partial charge in [-0.15, -0.1) is 10.2 Å². The minimum Gasteiger partial charge on any atom is -0.352 e. The first kappa shape index (κ1) is 19.1. The lowest BCUT2D eigenvalue weighted by atomic mass is 10.1. The van der Waals surface area contributed by atoms with E-state index in [1.165, 1.54) is 19.3 Å². The summed E-state index contributed by atoms with van der Waals surface area (Å²) < 4.78 is 3.23. The number of carbonyl (C=O) groups excluding carboxylic acids is 1. The second kappa shape index (κ2) is 8.39. The Kier molecular flexibility index (Phi) is 5.71. The van der Waals surface area contributed by atoms with E-state index in [1.54, 1.807) is 0 Å². The highest BCUT2D eigenvalue weighted by molar-refractivity contribution is 9.10. The van der Waals surface area contributed by atoms with Gasteiger partial charge in [0.05, 0.1) is 11.1 Å². The first-order valence-electron chi connectivity index (χ1n) is 9.88. The van der Waals surface area contributed by atoms with Crippen molar-refractivity contribution in [2.45, 2.75) is 52.0 Å². The second-order valence-corrected chi connectivity index (χ2v) is 8.24. The average Bonchev–Trinajstić information content (AvgIpc) is 2.90. The molecule has 3 aromatic rings. The van der Waals surface area contributed by atoms with Gasteiger partial charge in [0.1, 0.15) is 11.6 Å². The fourth-order valence-electron chi connectivity index (χ4n) is 3.80. The Bertz CT molecular complexity index is 1010. The van der Waals surface area contributed by atoms with Crippen molar-refractivity contribution in [3.63, 3.8) is 0 Å². The van der Waals surface area contributed by atoms with Gasteiger partial charge < -0.3 is 9.88 Å². The van der Waals surface area contributed by atoms with Crippen LogP contribution in [-0.2, 0) is 19.4 Å². The van der Waals surface area contributed by atoms with Crippen LogP contribution >= 0.6 is 15.9 Å². The minimum atomic E-state index is -0.0575. The fraction of sp³-hybridized carbons (Fsp3) is 0.429. The van der Waals surface area contributed by atoms with Crippen LogP contribution in [0.5, 0.6) is 0 Å². The largest absolute Gasteiger partial charge is 0.352 e. The summed E-state index contributed by atoms with van der Waals surface area (Å²) in [7, 11) is 0. The lowest BCUT2D eigenvalue weighted by Gasteiger charge is -2.10. The van der Waals surface area contributed by atoms with Crippen molar-refractivity contribution in [2.75, 3.05) is 6.54 Å². The van der Waals surface area contributed by atoms with Crippen molar-refractivity contribution in [3.8, 4) is 0 Å². The van der Waals surface area contributed by atoms with Gasteiger partial charge in [0.15, 0.2) is 0 Å². The third kappa shape index (κ3) is 4.09. The van der Waals surface area contributed by atoms with Gasteiger partial charge in [0.2, 0.25) is 0 Å². The predicted molar refractivity (Wildman–Crippen MR) is 112 cm³/mol. The molecule has 0 bridgehead atoms. The first-order valence-corrected chi connectivity index (χ1v) is 10.7. The molecule has 1 aromatic carbocycles. The van der Waals surface area contributed by atoms with E-state index in [2.05, 4.69) is 41.0 Å². The highest BCUT2D eigenvalue weighted by Crippen LogP contribution is 2.22. The Labute approximate surface area is 172 Å². The number of hydrogen-bond acceptors (Lipinski definition) is 4. The molecule has 3 heterocycles. The summed E-state index contributed by atoms with van der Waals surface area (Å²) in [4.78, 5) is 17.3. The SMILES string of the molecule is Cc1cc(C(=O)NCCCc2nnc3n2CCCCC3)c2ccc(Br)cc2n1. The van der Waals surface area contributed by atoms with Gasteiger partial charge in [0, 0.05) is 41.5 Å². The molecule has 0 spiro atoms. The number of nitrogens with zero attached hydrogens (tertiary/aromatic N) is 4. The van der Waals surface area contributed by atoms with Crippen LogP contribution in [0.25, 0.3) is 10.9 Å². The van der Waals surface area contributed by atoms with Gasteiger partial charge in [-0.3, -0.25) is 9.78 Å². The number of amides is 1. The van der Waals surface area contributed by atoms with Crippen LogP contribution in [-0.4, -0.2) is 32.2 Å². The van der Waals surface area contributed by atoms with Gasteiger partial charge in [-0.1, -0.05) is 28.4 Å². The van der Waals surface area contributed by atoms with Gasteiger partial charge in [-0.2, -0.15) is 0 Å². The van der Waals surface area contributed by atoms with Crippen molar-refractivity contribution < 1.29 is 4.79 Å². The molecule has 0 saturated carbocycles. The normalized spacial score (nSPS) is 13.9. The summed E-state index contributed by atoms with van der Waals surface area (Å²) in [6, 6.07) is 7.67. The lowest BCUT2D eigenvalue weighted by Crippen LogP contribution is -2.25. The van der Waals surface area contributed by atoms with Crippen molar-refractivity contribution in [1.29, 1.82) is 0 Å². The first-order chi connectivity index (χ1) is 13.6. The molecule has 28 heavy (non-hydrogen) atoms. The summed E-state index contributed by atoms with van der Waals surface area (Å²) in [6.07, 6.45) is 6.35. The summed E-state index contributed by atoms with van der Waals surface area (Å²) in [5, 5.41) is 12.6. The van der Waals surface area contributed by atoms with Gasteiger partial charge >= 0.3 is 0 Å². The number of hydrogen-bond donors (Lipinski definition) is 1. The van der Waals surface area contributed by atoms with Crippen LogP contribution in [0.1, 0.15) is 53.4 Å². The third-order valence-electron chi connectivity index (χ3n) is 5.19. The van der Waals surface area contributed by atoms with Gasteiger partial charge in [0.25, 0.3) is 5.91 Å². The highest BCUT2D eigenvalue weighted by atomic mass is 79.9. The summed E-state index contributed by atoms with van der Waals surface area (Å²) in [5.74, 6) is 2.10. The molecule has 0 aliphatic carbocycles. The maximum atomic E-state index is 12.8. The van der Waals surface area contributed by atoms with Crippen LogP contribution in [0.3, 0.4) is 0 Å². The van der Waals surface area contributed by atoms with Crippen LogP contribution in [0.15, 0.2) is 28.7 Å². The number of halogens is 1. The topological polar surface area (TPSA) is 72.7 Å². The number of aryl methyl sites for hydroxylation is 3. The van der Waals surface area contributed by atoms with E-state index in [0.29, 0.717) is 12.1 Å². The molecule has 7 heteroatoms. The quantitative estimate of drug-likeness (QED) is 0.607. The van der Waals surface area contributed by atoms with E-state index in [1.807, 2.05) is 31.2 Å². The van der Waals surface area contributed by atoms with E-state index in [4.69, 9.17) is 0 Å². The maximum Gasteiger partial charge on any atom is 0.252 e. The second-order valence-electron chi connectivity index (χ2n) is 7.33. The van der Waals surface area contributed by atoms with Gasteiger partial charge in [-0.25, -0.2) is 0 Å². The molecule has 146 valence electrons. The smallest absolute Gasteiger partial charge is 0.252 e. The Hall–Kier alpha value is -2.28. The van der Waals surface area contributed by atoms with Crippen molar-refractivity contribution >= 4 is 32.7 Å². The van der Waals surface area contributed by atoms with Crippen molar-refractivity contribution in [3.05, 3.63) is 51.6 Å². The third-order valence-corrected chi connectivity index (χ3v) is 5.69. The number of carbonyl (C=O) groups is 1. The zero-order chi connectivity index (χ0) is 19.5. The Morgan fingerprint density at radius 3 is 3.00 bits per heavy atom. The van der Waals surface area contributed by atoms with Crippen LogP contribution in [0.2, 0.25) is 0 Å². The number of benzene rings is 1. The molecule has 4 rings (SSSR count). The summed E-state index contributed by atoms with van der Waals surface area (Å²) in [6.45, 7) is 3.54. The molecule has 0 radical (unpaired) electrons. The molecule has 1 N–H and O–H groups in total. The molecule has 0 saturated heterocycles. The molecule has 1 aliphatic heterocycles. The van der Waals surface area contributed by atoms with Crippen molar-refractivity contribution in [2.24, 2.45) is 0 Å². The summed E-state index contributed by atoms with van der Waals surface area (Å²) >= 11 is 3.47. The fourth-order valence-corrected chi connectivity index (χ4v) is 4.14. The molecular weight excluding hydrogens is 418 g/mol. The lowest BCUT2D eigenvalue weighted by molar-refractivity contribution is 0.0954. The number of fused-ring (bicyclic) bond motifs is 2. The summed E-state index contributed by atoms with van der Waals surface area (Å²) in [5.41, 5.74) is 2.33. The van der Waals surface area contributed by atoms with Crippen LogP contribution < -0.4 is 5.32 Å². The van der Waals surface area contributed by atoms with E-state index in [9.17, 15) is 4.79 Å². The molecule has 0 unspecified atom stereocenters. The molecule has 1 aliphatic rings. The van der Waals surface area contributed by atoms with Crippen LogP contribution in [0.4, 0.5) is 0 Å². The number of rotatable bonds is 5. The van der Waals surface area contributed by atoms with Crippen LogP contribution in [0, 0.1) is 6.92 Å². The minimum absolute atomic E-state index is 0.0575. The Morgan fingerprint density at radius 1 is 1.21 bits per heavy atom. The van der Waals surface area contributed by atoms with E-state index >= 15 is 0 Å². The molecule has 1 amide bonds. The molecule has 0 atom stereocenters.